The lowest BCUT2D eigenvalue weighted by atomic mass is 9.71. The van der Waals surface area contributed by atoms with Crippen molar-refractivity contribution in [2.24, 2.45) is 5.41 Å². The van der Waals surface area contributed by atoms with Crippen molar-refractivity contribution in [1.29, 1.82) is 0 Å². The van der Waals surface area contributed by atoms with Crippen LogP contribution >= 0.6 is 0 Å². The highest BCUT2D eigenvalue weighted by Crippen LogP contribution is 2.41. The second kappa shape index (κ2) is 13.8. The fraction of sp³-hybridized carbons (Fsp3) is 0.538. The molecule has 39 heavy (non-hydrogen) atoms. The van der Waals surface area contributed by atoms with Crippen LogP contribution in [0.5, 0.6) is 0 Å². The van der Waals surface area contributed by atoms with Gasteiger partial charge >= 0.3 is 24.3 Å². The number of rotatable bonds is 4. The number of hydrogen-bond acceptors (Lipinski definition) is 5. The second-order valence-electron chi connectivity index (χ2n) is 9.78. The van der Waals surface area contributed by atoms with Crippen molar-refractivity contribution < 1.29 is 50.6 Å². The van der Waals surface area contributed by atoms with Crippen LogP contribution in [0.3, 0.4) is 0 Å². The molecule has 3 heterocycles. The van der Waals surface area contributed by atoms with Crippen molar-refractivity contribution in [2.45, 2.75) is 58.0 Å². The van der Waals surface area contributed by atoms with Gasteiger partial charge in [-0.15, -0.1) is 0 Å². The largest absolute Gasteiger partial charge is 0.490 e. The average molecular weight is 567 g/mol. The molecule has 4 rings (SSSR count). The summed E-state index contributed by atoms with van der Waals surface area (Å²) in [6.07, 6.45) is -1.03. The molecular formula is C26H32F6N2O5. The standard InChI is InChI=1S/C22H30N2O.2C2HF3O2/c1-19-2-4-20(5-3-19)16-23-11-7-22(8-12-23)9-13-24(14-10-22)17-21-6-15-25-18-21;2*3-2(4,5)1(6)7/h2-6,15,18H,7-14,16-17H2,1H3;2*(H,6,7). The zero-order chi connectivity index (χ0) is 29.3. The Morgan fingerprint density at radius 1 is 0.769 bits per heavy atom. The minimum Gasteiger partial charge on any atom is -0.475 e. The summed E-state index contributed by atoms with van der Waals surface area (Å²) in [5.74, 6) is -5.51. The van der Waals surface area contributed by atoms with Crippen LogP contribution in [0, 0.1) is 12.3 Å². The van der Waals surface area contributed by atoms with E-state index in [4.69, 9.17) is 24.2 Å². The van der Waals surface area contributed by atoms with E-state index in [9.17, 15) is 26.3 Å². The average Bonchev–Trinajstić information content (AvgIpc) is 3.36. The van der Waals surface area contributed by atoms with Crippen LogP contribution < -0.4 is 0 Å². The minimum absolute atomic E-state index is 0.608. The maximum Gasteiger partial charge on any atom is 0.490 e. The maximum atomic E-state index is 10.6. The van der Waals surface area contributed by atoms with Crippen LogP contribution in [0.1, 0.15) is 42.4 Å². The molecule has 13 heteroatoms. The summed E-state index contributed by atoms with van der Waals surface area (Å²) in [6.45, 7) is 9.32. The third-order valence-corrected chi connectivity index (χ3v) is 6.83. The van der Waals surface area contributed by atoms with Gasteiger partial charge in [-0.1, -0.05) is 29.8 Å². The molecule has 1 spiro atoms. The number of hydrogen-bond donors (Lipinski definition) is 2. The zero-order valence-corrected chi connectivity index (χ0v) is 21.4. The molecule has 218 valence electrons. The number of likely N-dealkylation sites (tertiary alicyclic amines) is 2. The summed E-state index contributed by atoms with van der Waals surface area (Å²) < 4.78 is 68.7. The monoisotopic (exact) mass is 566 g/mol. The fourth-order valence-corrected chi connectivity index (χ4v) is 4.46. The normalized spacial score (nSPS) is 17.9. The van der Waals surface area contributed by atoms with E-state index in [0.717, 1.165) is 13.1 Å². The number of carboxylic acids is 2. The molecule has 2 aliphatic heterocycles. The first-order chi connectivity index (χ1) is 18.1. The molecule has 0 atom stereocenters. The van der Waals surface area contributed by atoms with Gasteiger partial charge in [0, 0.05) is 18.7 Å². The van der Waals surface area contributed by atoms with Gasteiger partial charge in [0.15, 0.2) is 0 Å². The molecule has 2 aliphatic rings. The topological polar surface area (TPSA) is 94.2 Å². The number of piperidine rings is 2. The van der Waals surface area contributed by atoms with Crippen molar-refractivity contribution in [2.75, 3.05) is 26.2 Å². The lowest BCUT2D eigenvalue weighted by Crippen LogP contribution is -2.46. The molecule has 0 aliphatic carbocycles. The number of aliphatic carboxylic acids is 2. The quantitative estimate of drug-likeness (QED) is 0.457. The summed E-state index contributed by atoms with van der Waals surface area (Å²) in [5.41, 5.74) is 4.72. The van der Waals surface area contributed by atoms with Crippen LogP contribution in [-0.2, 0) is 22.7 Å². The first-order valence-corrected chi connectivity index (χ1v) is 12.2. The van der Waals surface area contributed by atoms with E-state index in [1.54, 1.807) is 6.26 Å². The van der Waals surface area contributed by atoms with Crippen LogP contribution in [0.4, 0.5) is 26.3 Å². The number of alkyl halides is 6. The van der Waals surface area contributed by atoms with Crippen LogP contribution in [0.15, 0.2) is 47.3 Å². The van der Waals surface area contributed by atoms with Crippen molar-refractivity contribution in [3.05, 3.63) is 59.5 Å². The molecular weight excluding hydrogens is 534 g/mol. The molecule has 0 unspecified atom stereocenters. The zero-order valence-electron chi connectivity index (χ0n) is 21.4. The molecule has 0 bridgehead atoms. The smallest absolute Gasteiger partial charge is 0.475 e. The Kier molecular flexibility index (Phi) is 11.4. The first-order valence-electron chi connectivity index (χ1n) is 12.2. The lowest BCUT2D eigenvalue weighted by molar-refractivity contribution is -0.193. The molecule has 0 radical (unpaired) electrons. The molecule has 2 N–H and O–H groups in total. The second-order valence-corrected chi connectivity index (χ2v) is 9.78. The Hall–Kier alpha value is -3.06. The van der Waals surface area contributed by atoms with E-state index in [-0.39, 0.29) is 0 Å². The van der Waals surface area contributed by atoms with E-state index in [1.807, 2.05) is 6.26 Å². The van der Waals surface area contributed by atoms with Crippen LogP contribution in [0.25, 0.3) is 0 Å². The Labute approximate surface area is 222 Å². The predicted molar refractivity (Wildman–Crippen MR) is 129 cm³/mol. The van der Waals surface area contributed by atoms with E-state index < -0.39 is 24.3 Å². The minimum atomic E-state index is -5.08. The summed E-state index contributed by atoms with van der Waals surface area (Å²) in [5, 5.41) is 14.2. The highest BCUT2D eigenvalue weighted by molar-refractivity contribution is 5.73. The molecule has 7 nitrogen and oxygen atoms in total. The molecule has 1 aromatic heterocycles. The first kappa shape index (κ1) is 32.2. The van der Waals surface area contributed by atoms with Gasteiger partial charge in [0.1, 0.15) is 0 Å². The van der Waals surface area contributed by atoms with Gasteiger partial charge < -0.3 is 14.6 Å². The summed E-state index contributed by atoms with van der Waals surface area (Å²) in [7, 11) is 0. The lowest BCUT2D eigenvalue weighted by Gasteiger charge is -2.47. The Morgan fingerprint density at radius 3 is 1.49 bits per heavy atom. The highest BCUT2D eigenvalue weighted by Gasteiger charge is 2.39. The van der Waals surface area contributed by atoms with E-state index in [1.165, 1.54) is 68.6 Å². The Morgan fingerprint density at radius 2 is 1.15 bits per heavy atom. The molecule has 2 aromatic rings. The number of halogens is 6. The van der Waals surface area contributed by atoms with Gasteiger partial charge in [0.2, 0.25) is 0 Å². The number of carbonyl (C=O) groups is 2. The van der Waals surface area contributed by atoms with Gasteiger partial charge in [-0.3, -0.25) is 9.80 Å². The van der Waals surface area contributed by atoms with Crippen molar-refractivity contribution in [3.8, 4) is 0 Å². The number of carboxylic acid groups (broad SMARTS) is 2. The summed E-state index contributed by atoms with van der Waals surface area (Å²) in [4.78, 5) is 23.0. The molecule has 2 saturated heterocycles. The van der Waals surface area contributed by atoms with Crippen LogP contribution in [0.2, 0.25) is 0 Å². The van der Waals surface area contributed by atoms with Gasteiger partial charge in [-0.2, -0.15) is 26.3 Å². The third-order valence-electron chi connectivity index (χ3n) is 6.83. The molecule has 2 fully saturated rings. The number of aryl methyl sites for hydroxylation is 1. The number of furan rings is 1. The van der Waals surface area contributed by atoms with E-state index >= 15 is 0 Å². The number of benzene rings is 1. The summed E-state index contributed by atoms with van der Waals surface area (Å²) >= 11 is 0. The maximum absolute atomic E-state index is 10.6. The van der Waals surface area contributed by atoms with Crippen molar-refractivity contribution >= 4 is 11.9 Å². The SMILES string of the molecule is Cc1ccc(CN2CCC3(CC2)CCN(Cc2ccoc2)CC3)cc1.O=C(O)C(F)(F)F.O=C(O)C(F)(F)F. The van der Waals surface area contributed by atoms with Crippen LogP contribution in [-0.4, -0.2) is 70.5 Å². The highest BCUT2D eigenvalue weighted by atomic mass is 19.4. The molecule has 0 amide bonds. The molecule has 0 saturated carbocycles. The van der Waals surface area contributed by atoms with Gasteiger partial charge in [0.25, 0.3) is 0 Å². The van der Waals surface area contributed by atoms with Crippen molar-refractivity contribution in [3.63, 3.8) is 0 Å². The van der Waals surface area contributed by atoms with Gasteiger partial charge in [-0.25, -0.2) is 9.59 Å². The Bertz CT molecular complexity index is 997. The number of nitrogens with zero attached hydrogens (tertiary/aromatic N) is 2. The summed E-state index contributed by atoms with van der Waals surface area (Å²) in [6, 6.07) is 11.1. The Balaban J connectivity index is 0.000000317. The third kappa shape index (κ3) is 11.3. The van der Waals surface area contributed by atoms with Gasteiger partial charge in [-0.05, 0) is 75.8 Å². The van der Waals surface area contributed by atoms with E-state index in [0.29, 0.717) is 5.41 Å². The molecule has 1 aromatic carbocycles. The van der Waals surface area contributed by atoms with Gasteiger partial charge in [0.05, 0.1) is 12.5 Å². The predicted octanol–water partition coefficient (Wildman–Crippen LogP) is 5.73. The fourth-order valence-electron chi connectivity index (χ4n) is 4.46. The van der Waals surface area contributed by atoms with E-state index in [2.05, 4.69) is 47.1 Å². The van der Waals surface area contributed by atoms with Crippen molar-refractivity contribution in [1.82, 2.24) is 9.80 Å².